The minimum Gasteiger partial charge on any atom is -0.466 e. The summed E-state index contributed by atoms with van der Waals surface area (Å²) < 4.78 is 16.6. The summed E-state index contributed by atoms with van der Waals surface area (Å²) >= 11 is 1.53. The van der Waals surface area contributed by atoms with Gasteiger partial charge in [0, 0.05) is 25.4 Å². The van der Waals surface area contributed by atoms with Crippen LogP contribution in [0.5, 0.6) is 5.75 Å². The van der Waals surface area contributed by atoms with Gasteiger partial charge in [0.15, 0.2) is 0 Å². The molecule has 2 aromatic carbocycles. The van der Waals surface area contributed by atoms with Crippen molar-refractivity contribution in [2.24, 2.45) is 0 Å². The number of anilines is 1. The first-order valence-electron chi connectivity index (χ1n) is 9.19. The third kappa shape index (κ3) is 5.52. The molecule has 0 atom stereocenters. The number of carbonyl (C=O) groups excluding carboxylic acids is 2. The molecule has 0 radical (unpaired) electrons. The summed E-state index contributed by atoms with van der Waals surface area (Å²) in [5.74, 6) is 0.0182. The van der Waals surface area contributed by atoms with Crippen LogP contribution >= 0.6 is 11.3 Å². The highest BCUT2D eigenvalue weighted by atomic mass is 32.1. The first-order valence-corrected chi connectivity index (χ1v) is 10.0. The fraction of sp³-hybridized carbons (Fsp3) is 0.286. The normalized spacial score (nSPS) is 10.7. The predicted molar refractivity (Wildman–Crippen MR) is 111 cm³/mol. The van der Waals surface area contributed by atoms with Crippen LogP contribution in [0.2, 0.25) is 0 Å². The number of ether oxygens (including phenoxy) is 3. The molecular formula is C21H22N2O5S. The number of esters is 1. The largest absolute Gasteiger partial charge is 0.466 e. The van der Waals surface area contributed by atoms with Crippen LogP contribution in [0.15, 0.2) is 48.5 Å². The highest BCUT2D eigenvalue weighted by Crippen LogP contribution is 2.27. The average molecular weight is 414 g/mol. The maximum absolute atomic E-state index is 12.8. The second-order valence-corrected chi connectivity index (χ2v) is 7.20. The van der Waals surface area contributed by atoms with E-state index in [4.69, 9.17) is 14.2 Å². The standard InChI is InChI=1S/C21H22N2O5S/c1-3-27-20(24)11-12-23(15-7-5-4-6-8-15)21(25)28-16-9-10-18-17(13-16)22-19(29-18)14-26-2/h4-10,13H,3,11-12,14H2,1-2H3. The number of para-hydroxylation sites is 1. The number of aromatic nitrogens is 1. The lowest BCUT2D eigenvalue weighted by Crippen LogP contribution is -2.35. The molecule has 0 aliphatic carbocycles. The van der Waals surface area contributed by atoms with E-state index in [9.17, 15) is 9.59 Å². The molecule has 0 aliphatic heterocycles. The Balaban J connectivity index is 1.76. The fourth-order valence-electron chi connectivity index (χ4n) is 2.73. The van der Waals surface area contributed by atoms with Crippen molar-refractivity contribution in [3.05, 3.63) is 53.5 Å². The lowest BCUT2D eigenvalue weighted by Gasteiger charge is -2.21. The number of fused-ring (bicyclic) bond motifs is 1. The maximum atomic E-state index is 12.8. The molecule has 152 valence electrons. The van der Waals surface area contributed by atoms with Crippen LogP contribution in [0.3, 0.4) is 0 Å². The molecule has 0 fully saturated rings. The lowest BCUT2D eigenvalue weighted by atomic mass is 10.3. The number of rotatable bonds is 8. The quantitative estimate of drug-likeness (QED) is 0.509. The van der Waals surface area contributed by atoms with E-state index in [0.29, 0.717) is 24.7 Å². The van der Waals surface area contributed by atoms with Gasteiger partial charge in [-0.05, 0) is 31.2 Å². The second-order valence-electron chi connectivity index (χ2n) is 6.08. The zero-order chi connectivity index (χ0) is 20.6. The van der Waals surface area contributed by atoms with Crippen LogP contribution in [0.1, 0.15) is 18.4 Å². The maximum Gasteiger partial charge on any atom is 0.419 e. The Morgan fingerprint density at radius 2 is 1.93 bits per heavy atom. The monoisotopic (exact) mass is 414 g/mol. The minimum atomic E-state index is -0.577. The molecule has 7 nitrogen and oxygen atoms in total. The zero-order valence-corrected chi connectivity index (χ0v) is 17.1. The van der Waals surface area contributed by atoms with Gasteiger partial charge in [0.1, 0.15) is 10.8 Å². The van der Waals surface area contributed by atoms with E-state index in [1.54, 1.807) is 38.3 Å². The molecule has 0 unspecified atom stereocenters. The van der Waals surface area contributed by atoms with E-state index in [1.807, 2.05) is 24.3 Å². The van der Waals surface area contributed by atoms with Crippen molar-refractivity contribution >= 4 is 39.3 Å². The molecule has 1 aromatic heterocycles. The van der Waals surface area contributed by atoms with E-state index in [2.05, 4.69) is 4.98 Å². The predicted octanol–water partition coefficient (Wildman–Crippen LogP) is 4.40. The summed E-state index contributed by atoms with van der Waals surface area (Å²) in [7, 11) is 1.62. The van der Waals surface area contributed by atoms with Crippen LogP contribution in [0.4, 0.5) is 10.5 Å². The van der Waals surface area contributed by atoms with Crippen LogP contribution in [0.25, 0.3) is 10.2 Å². The van der Waals surface area contributed by atoms with Crippen LogP contribution in [0, 0.1) is 0 Å². The van der Waals surface area contributed by atoms with Gasteiger partial charge >= 0.3 is 12.1 Å². The first kappa shape index (κ1) is 20.8. The number of methoxy groups -OCH3 is 1. The molecule has 0 saturated heterocycles. The summed E-state index contributed by atoms with van der Waals surface area (Å²) in [5.41, 5.74) is 1.38. The van der Waals surface area contributed by atoms with Crippen LogP contribution < -0.4 is 9.64 Å². The molecule has 29 heavy (non-hydrogen) atoms. The zero-order valence-electron chi connectivity index (χ0n) is 16.3. The van der Waals surface area contributed by atoms with Gasteiger partial charge in [0.25, 0.3) is 0 Å². The van der Waals surface area contributed by atoms with Crippen LogP contribution in [-0.2, 0) is 20.9 Å². The highest BCUT2D eigenvalue weighted by Gasteiger charge is 2.20. The number of nitrogens with zero attached hydrogens (tertiary/aromatic N) is 2. The van der Waals surface area contributed by atoms with Gasteiger partial charge in [-0.15, -0.1) is 11.3 Å². The minimum absolute atomic E-state index is 0.0728. The summed E-state index contributed by atoms with van der Waals surface area (Å²) in [6, 6.07) is 14.4. The number of hydrogen-bond acceptors (Lipinski definition) is 7. The van der Waals surface area contributed by atoms with Crippen molar-refractivity contribution in [1.82, 2.24) is 4.98 Å². The van der Waals surface area contributed by atoms with Crippen LogP contribution in [-0.4, -0.2) is 37.3 Å². The molecule has 1 heterocycles. The molecule has 3 rings (SSSR count). The smallest absolute Gasteiger partial charge is 0.419 e. The third-order valence-corrected chi connectivity index (χ3v) is 5.02. The van der Waals surface area contributed by atoms with E-state index < -0.39 is 6.09 Å². The van der Waals surface area contributed by atoms with Crippen molar-refractivity contribution < 1.29 is 23.8 Å². The Morgan fingerprint density at radius 1 is 1.14 bits per heavy atom. The molecule has 0 bridgehead atoms. The Kier molecular flexibility index (Phi) is 7.15. The summed E-state index contributed by atoms with van der Waals surface area (Å²) in [4.78, 5) is 30.5. The Bertz CT molecular complexity index is 974. The van der Waals surface area contributed by atoms with Gasteiger partial charge in [-0.2, -0.15) is 0 Å². The van der Waals surface area contributed by atoms with E-state index in [-0.39, 0.29) is 18.9 Å². The lowest BCUT2D eigenvalue weighted by molar-refractivity contribution is -0.142. The molecule has 0 aliphatic rings. The number of benzene rings is 2. The Labute approximate surface area is 172 Å². The van der Waals surface area contributed by atoms with Crippen molar-refractivity contribution in [2.45, 2.75) is 20.0 Å². The van der Waals surface area contributed by atoms with E-state index in [1.165, 1.54) is 16.2 Å². The van der Waals surface area contributed by atoms with Gasteiger partial charge in [0.2, 0.25) is 0 Å². The summed E-state index contributed by atoms with van der Waals surface area (Å²) in [5, 5.41) is 0.853. The van der Waals surface area contributed by atoms with Gasteiger partial charge in [-0.3, -0.25) is 9.69 Å². The molecule has 0 spiro atoms. The second kappa shape index (κ2) is 9.99. The first-order chi connectivity index (χ1) is 14.1. The van der Waals surface area contributed by atoms with Gasteiger partial charge in [-0.1, -0.05) is 18.2 Å². The van der Waals surface area contributed by atoms with Gasteiger partial charge < -0.3 is 14.2 Å². The molecule has 3 aromatic rings. The van der Waals surface area contributed by atoms with Crippen molar-refractivity contribution in [3.63, 3.8) is 0 Å². The Morgan fingerprint density at radius 3 is 2.66 bits per heavy atom. The fourth-order valence-corrected chi connectivity index (χ4v) is 3.65. The Hall–Kier alpha value is -2.97. The molecule has 1 amide bonds. The van der Waals surface area contributed by atoms with Crippen molar-refractivity contribution in [1.29, 1.82) is 0 Å². The molecular weight excluding hydrogens is 392 g/mol. The van der Waals surface area contributed by atoms with Crippen molar-refractivity contribution in [3.8, 4) is 5.75 Å². The molecule has 8 heteroatoms. The molecule has 0 N–H and O–H groups in total. The number of hydrogen-bond donors (Lipinski definition) is 0. The molecule has 0 saturated carbocycles. The average Bonchev–Trinajstić information content (AvgIpc) is 3.11. The summed E-state index contributed by atoms with van der Waals surface area (Å²) in [6.45, 7) is 2.63. The number of carbonyl (C=O) groups is 2. The number of thiazole rings is 1. The number of amides is 1. The van der Waals surface area contributed by atoms with Crippen molar-refractivity contribution in [2.75, 3.05) is 25.2 Å². The summed E-state index contributed by atoms with van der Waals surface area (Å²) in [6.07, 6.45) is -0.504. The SMILES string of the molecule is CCOC(=O)CCN(C(=O)Oc1ccc2sc(COC)nc2c1)c1ccccc1. The topological polar surface area (TPSA) is 78.0 Å². The van der Waals surface area contributed by atoms with Gasteiger partial charge in [0.05, 0.1) is 29.9 Å². The highest BCUT2D eigenvalue weighted by molar-refractivity contribution is 7.18. The van der Waals surface area contributed by atoms with E-state index >= 15 is 0 Å². The van der Waals surface area contributed by atoms with E-state index in [0.717, 1.165) is 15.2 Å². The third-order valence-electron chi connectivity index (χ3n) is 4.01. The van der Waals surface area contributed by atoms with Gasteiger partial charge in [-0.25, -0.2) is 9.78 Å².